The van der Waals surface area contributed by atoms with Gasteiger partial charge in [0, 0.05) is 28.4 Å². The van der Waals surface area contributed by atoms with Crippen LogP contribution in [-0.2, 0) is 17.8 Å². The summed E-state index contributed by atoms with van der Waals surface area (Å²) in [4.78, 5) is 23.1. The van der Waals surface area contributed by atoms with Crippen LogP contribution in [0, 0.1) is 21.4 Å². The van der Waals surface area contributed by atoms with E-state index in [1.165, 1.54) is 18.2 Å². The molecule has 0 radical (unpaired) electrons. The number of nitro benzene ring substituents is 1. The Labute approximate surface area is 196 Å². The molecule has 166 valence electrons. The molecule has 1 N–H and O–H groups in total. The summed E-state index contributed by atoms with van der Waals surface area (Å²) in [6, 6.07) is 20.2. The zero-order valence-electron chi connectivity index (χ0n) is 17.7. The number of hydrogen-bond donors (Lipinski definition) is 1. The van der Waals surface area contributed by atoms with Crippen LogP contribution in [0.4, 0.5) is 11.4 Å². The van der Waals surface area contributed by atoms with Gasteiger partial charge in [0.05, 0.1) is 4.92 Å². The highest BCUT2D eigenvalue weighted by Crippen LogP contribution is 2.27. The van der Waals surface area contributed by atoms with E-state index in [4.69, 9.17) is 16.3 Å². The second kappa shape index (κ2) is 10.9. The van der Waals surface area contributed by atoms with Crippen molar-refractivity contribution < 1.29 is 14.5 Å². The number of non-ortho nitro benzene ring substituents is 1. The number of benzene rings is 3. The lowest BCUT2D eigenvalue weighted by Gasteiger charge is -2.11. The lowest BCUT2D eigenvalue weighted by Crippen LogP contribution is -2.13. The number of anilines is 1. The summed E-state index contributed by atoms with van der Waals surface area (Å²) in [5.74, 6) is -0.190. The Kier molecular flexibility index (Phi) is 7.79. The third kappa shape index (κ3) is 6.42. The maximum atomic E-state index is 12.6. The predicted octanol–water partition coefficient (Wildman–Crippen LogP) is 5.94. The van der Waals surface area contributed by atoms with Crippen molar-refractivity contribution in [3.63, 3.8) is 0 Å². The monoisotopic (exact) mass is 461 g/mol. The van der Waals surface area contributed by atoms with Crippen LogP contribution in [0.2, 0.25) is 5.02 Å². The summed E-state index contributed by atoms with van der Waals surface area (Å²) < 4.78 is 5.81. The van der Waals surface area contributed by atoms with Gasteiger partial charge in [-0.25, -0.2) is 0 Å². The molecule has 0 aliphatic carbocycles. The molecule has 0 aliphatic rings. The number of nitriles is 1. The predicted molar refractivity (Wildman–Crippen MR) is 127 cm³/mol. The first-order chi connectivity index (χ1) is 15.9. The molecule has 1 amide bonds. The van der Waals surface area contributed by atoms with E-state index in [-0.39, 0.29) is 17.9 Å². The summed E-state index contributed by atoms with van der Waals surface area (Å²) in [7, 11) is 0. The zero-order valence-corrected chi connectivity index (χ0v) is 18.5. The molecule has 0 spiro atoms. The van der Waals surface area contributed by atoms with Crippen molar-refractivity contribution >= 4 is 35.0 Å². The van der Waals surface area contributed by atoms with Gasteiger partial charge < -0.3 is 10.1 Å². The molecule has 0 heterocycles. The lowest BCUT2D eigenvalue weighted by atomic mass is 10.1. The first kappa shape index (κ1) is 23.5. The van der Waals surface area contributed by atoms with Crippen molar-refractivity contribution in [2.75, 3.05) is 5.32 Å². The highest BCUT2D eigenvalue weighted by Gasteiger charge is 2.13. The van der Waals surface area contributed by atoms with Crippen LogP contribution in [0.1, 0.15) is 23.6 Å². The van der Waals surface area contributed by atoms with Crippen LogP contribution in [0.15, 0.2) is 72.3 Å². The fourth-order valence-electron chi connectivity index (χ4n) is 3.01. The number of nitrogens with zero attached hydrogens (tertiary/aromatic N) is 2. The van der Waals surface area contributed by atoms with Gasteiger partial charge in [0.1, 0.15) is 24.0 Å². The van der Waals surface area contributed by atoms with Crippen LogP contribution in [-0.4, -0.2) is 10.8 Å². The van der Waals surface area contributed by atoms with Gasteiger partial charge in [-0.05, 0) is 54.0 Å². The fraction of sp³-hybridized carbons (Fsp3) is 0.120. The number of aryl methyl sites for hydroxylation is 1. The molecule has 0 aliphatic heterocycles. The van der Waals surface area contributed by atoms with E-state index in [1.54, 1.807) is 42.5 Å². The van der Waals surface area contributed by atoms with E-state index in [0.29, 0.717) is 27.6 Å². The Morgan fingerprint density at radius 2 is 1.91 bits per heavy atom. The lowest BCUT2D eigenvalue weighted by molar-refractivity contribution is -0.384. The Morgan fingerprint density at radius 3 is 2.58 bits per heavy atom. The van der Waals surface area contributed by atoms with Crippen LogP contribution in [0.3, 0.4) is 0 Å². The average Bonchev–Trinajstić information content (AvgIpc) is 2.82. The van der Waals surface area contributed by atoms with Crippen LogP contribution >= 0.6 is 11.6 Å². The maximum absolute atomic E-state index is 12.6. The third-order valence-corrected chi connectivity index (χ3v) is 5.01. The van der Waals surface area contributed by atoms with Crippen molar-refractivity contribution in [3.05, 3.63) is 104 Å². The molecular formula is C25H20ClN3O4. The fourth-order valence-corrected chi connectivity index (χ4v) is 3.19. The molecular weight excluding hydrogens is 442 g/mol. The number of halogens is 1. The number of rotatable bonds is 8. The first-order valence-electron chi connectivity index (χ1n) is 10.1. The van der Waals surface area contributed by atoms with Gasteiger partial charge in [0.2, 0.25) is 0 Å². The molecule has 0 saturated heterocycles. The molecule has 0 aromatic heterocycles. The van der Waals surface area contributed by atoms with Crippen molar-refractivity contribution in [2.45, 2.75) is 20.0 Å². The molecule has 0 unspecified atom stereocenters. The summed E-state index contributed by atoms with van der Waals surface area (Å²) in [5.41, 5.74) is 2.57. The van der Waals surface area contributed by atoms with Gasteiger partial charge in [-0.3, -0.25) is 14.9 Å². The van der Waals surface area contributed by atoms with Crippen molar-refractivity contribution in [1.82, 2.24) is 0 Å². The molecule has 0 bridgehead atoms. The summed E-state index contributed by atoms with van der Waals surface area (Å²) in [5, 5.41) is 23.6. The van der Waals surface area contributed by atoms with Gasteiger partial charge in [0.25, 0.3) is 11.6 Å². The Hall–Kier alpha value is -4.15. The number of carbonyl (C=O) groups excluding carboxylic acids is 1. The maximum Gasteiger partial charge on any atom is 0.269 e. The van der Waals surface area contributed by atoms with Gasteiger partial charge in [0.15, 0.2) is 0 Å². The van der Waals surface area contributed by atoms with Crippen LogP contribution in [0.25, 0.3) is 6.08 Å². The average molecular weight is 462 g/mol. The number of carbonyl (C=O) groups is 1. The minimum atomic E-state index is -0.564. The molecule has 3 rings (SSSR count). The quantitative estimate of drug-likeness (QED) is 0.193. The van der Waals surface area contributed by atoms with Gasteiger partial charge in [-0.2, -0.15) is 5.26 Å². The summed E-state index contributed by atoms with van der Waals surface area (Å²) >= 11 is 6.11. The largest absolute Gasteiger partial charge is 0.488 e. The molecule has 0 atom stereocenters. The number of amides is 1. The molecule has 8 heteroatoms. The normalized spacial score (nSPS) is 10.9. The van der Waals surface area contributed by atoms with E-state index >= 15 is 0 Å². The van der Waals surface area contributed by atoms with Crippen LogP contribution < -0.4 is 10.1 Å². The summed E-state index contributed by atoms with van der Waals surface area (Å²) in [6.07, 6.45) is 2.27. The zero-order chi connectivity index (χ0) is 23.8. The van der Waals surface area contributed by atoms with Crippen molar-refractivity contribution in [1.29, 1.82) is 5.26 Å². The SMILES string of the molecule is CCc1ccc(NC(=O)/C(C#N)=C/c2cc(Cl)ccc2OCc2cccc([N+](=O)[O-])c2)cc1. The number of nitro groups is 1. The smallest absolute Gasteiger partial charge is 0.269 e. The van der Waals surface area contributed by atoms with E-state index in [1.807, 2.05) is 25.1 Å². The first-order valence-corrected chi connectivity index (χ1v) is 10.4. The number of hydrogen-bond acceptors (Lipinski definition) is 5. The second-order valence-electron chi connectivity index (χ2n) is 7.07. The number of ether oxygens (including phenoxy) is 1. The second-order valence-corrected chi connectivity index (χ2v) is 7.51. The van der Waals surface area contributed by atoms with E-state index < -0.39 is 10.8 Å². The molecule has 33 heavy (non-hydrogen) atoms. The van der Waals surface area contributed by atoms with Crippen molar-refractivity contribution in [2.24, 2.45) is 0 Å². The molecule has 7 nitrogen and oxygen atoms in total. The molecule has 0 fully saturated rings. The minimum Gasteiger partial charge on any atom is -0.488 e. The highest BCUT2D eigenvalue weighted by molar-refractivity contribution is 6.30. The van der Waals surface area contributed by atoms with E-state index in [0.717, 1.165) is 12.0 Å². The molecule has 3 aromatic rings. The third-order valence-electron chi connectivity index (χ3n) is 4.77. The van der Waals surface area contributed by atoms with Crippen LogP contribution in [0.5, 0.6) is 5.75 Å². The number of nitrogens with one attached hydrogen (secondary N) is 1. The summed E-state index contributed by atoms with van der Waals surface area (Å²) in [6.45, 7) is 2.09. The van der Waals surface area contributed by atoms with Gasteiger partial charge in [-0.1, -0.05) is 42.8 Å². The standard InChI is InChI=1S/C25H20ClN3O4/c1-2-17-6-9-22(10-7-17)28-25(30)20(15-27)13-19-14-21(26)8-11-24(19)33-16-18-4-3-5-23(12-18)29(31)32/h3-14H,2,16H2,1H3,(H,28,30)/b20-13+. The Morgan fingerprint density at radius 1 is 1.15 bits per heavy atom. The topological polar surface area (TPSA) is 105 Å². The van der Waals surface area contributed by atoms with Gasteiger partial charge >= 0.3 is 0 Å². The van der Waals surface area contributed by atoms with E-state index in [9.17, 15) is 20.2 Å². The van der Waals surface area contributed by atoms with E-state index in [2.05, 4.69) is 5.32 Å². The molecule has 0 saturated carbocycles. The minimum absolute atomic E-state index is 0.0391. The molecule has 3 aromatic carbocycles. The highest BCUT2D eigenvalue weighted by atomic mass is 35.5. The Bertz CT molecular complexity index is 1250. The Balaban J connectivity index is 1.81. The van der Waals surface area contributed by atoms with Crippen molar-refractivity contribution in [3.8, 4) is 11.8 Å². The van der Waals surface area contributed by atoms with Gasteiger partial charge in [-0.15, -0.1) is 0 Å².